The number of ether oxygens (including phenoxy) is 1. The maximum atomic E-state index is 13.0. The molecule has 158 valence electrons. The summed E-state index contributed by atoms with van der Waals surface area (Å²) in [6.45, 7) is 3.78. The van der Waals surface area contributed by atoms with Crippen LogP contribution in [0.15, 0.2) is 84.6 Å². The topological polar surface area (TPSA) is 79.5 Å². The smallest absolute Gasteiger partial charge is 0.262 e. The Kier molecular flexibility index (Phi) is 7.06. The zero-order valence-electron chi connectivity index (χ0n) is 17.7. The van der Waals surface area contributed by atoms with E-state index in [9.17, 15) is 9.59 Å². The van der Waals surface area contributed by atoms with Crippen LogP contribution < -0.4 is 20.7 Å². The Bertz CT molecular complexity index is 1040. The van der Waals surface area contributed by atoms with Crippen molar-refractivity contribution in [1.29, 1.82) is 0 Å². The minimum absolute atomic E-state index is 0.0534. The van der Waals surface area contributed by atoms with Crippen molar-refractivity contribution in [2.45, 2.75) is 13.8 Å². The summed E-state index contributed by atoms with van der Waals surface area (Å²) < 4.78 is 5.15. The molecule has 0 fully saturated rings. The molecule has 3 aromatic rings. The molecule has 0 aliphatic heterocycles. The summed E-state index contributed by atoms with van der Waals surface area (Å²) >= 11 is 0. The van der Waals surface area contributed by atoms with E-state index in [4.69, 9.17) is 4.74 Å². The van der Waals surface area contributed by atoms with Gasteiger partial charge < -0.3 is 20.7 Å². The molecular formula is C25H25N3O3. The molecule has 0 saturated carbocycles. The van der Waals surface area contributed by atoms with Crippen LogP contribution in [0.25, 0.3) is 0 Å². The molecule has 0 aliphatic rings. The highest BCUT2D eigenvalue weighted by molar-refractivity contribution is 6.26. The zero-order chi connectivity index (χ0) is 22.2. The van der Waals surface area contributed by atoms with Crippen LogP contribution in [0.2, 0.25) is 0 Å². The minimum Gasteiger partial charge on any atom is -0.497 e. The second kappa shape index (κ2) is 10.1. The molecule has 0 radical (unpaired) electrons. The molecule has 0 heterocycles. The predicted molar refractivity (Wildman–Crippen MR) is 124 cm³/mol. The van der Waals surface area contributed by atoms with Crippen LogP contribution in [0.1, 0.15) is 11.1 Å². The fourth-order valence-corrected chi connectivity index (χ4v) is 2.88. The molecule has 0 spiro atoms. The van der Waals surface area contributed by atoms with E-state index in [-0.39, 0.29) is 5.57 Å². The van der Waals surface area contributed by atoms with Gasteiger partial charge in [-0.25, -0.2) is 0 Å². The summed E-state index contributed by atoms with van der Waals surface area (Å²) in [6, 6.07) is 22.0. The van der Waals surface area contributed by atoms with Gasteiger partial charge in [-0.3, -0.25) is 9.59 Å². The highest BCUT2D eigenvalue weighted by Crippen LogP contribution is 2.19. The van der Waals surface area contributed by atoms with Crippen LogP contribution in [0.4, 0.5) is 17.1 Å². The first-order chi connectivity index (χ1) is 15.0. The molecule has 0 aromatic heterocycles. The molecule has 0 bridgehead atoms. The van der Waals surface area contributed by atoms with Gasteiger partial charge >= 0.3 is 0 Å². The van der Waals surface area contributed by atoms with Crippen LogP contribution in [0, 0.1) is 13.8 Å². The quantitative estimate of drug-likeness (QED) is 0.292. The normalized spacial score (nSPS) is 10.0. The van der Waals surface area contributed by atoms with Gasteiger partial charge in [0.1, 0.15) is 11.3 Å². The molecule has 6 heteroatoms. The molecular weight excluding hydrogens is 390 g/mol. The van der Waals surface area contributed by atoms with Crippen molar-refractivity contribution < 1.29 is 14.3 Å². The predicted octanol–water partition coefficient (Wildman–Crippen LogP) is 4.89. The first kappa shape index (κ1) is 21.6. The zero-order valence-corrected chi connectivity index (χ0v) is 17.7. The fourth-order valence-electron chi connectivity index (χ4n) is 2.88. The number of benzene rings is 3. The van der Waals surface area contributed by atoms with E-state index < -0.39 is 11.8 Å². The molecule has 0 saturated heterocycles. The Morgan fingerprint density at radius 3 is 1.68 bits per heavy atom. The van der Waals surface area contributed by atoms with E-state index >= 15 is 0 Å². The van der Waals surface area contributed by atoms with Gasteiger partial charge in [0.05, 0.1) is 7.11 Å². The lowest BCUT2D eigenvalue weighted by Crippen LogP contribution is -2.26. The standard InChI is InChI=1S/C25H25N3O3/c1-17-8-4-6-10-22(17)27-24(29)21(16-26-19-12-14-20(31-3)15-13-19)25(30)28-23-11-7-5-9-18(23)2/h4-16,26H,1-3H3,(H,27,29)(H,28,30). The average Bonchev–Trinajstić information content (AvgIpc) is 2.77. The van der Waals surface area contributed by atoms with Crippen molar-refractivity contribution >= 4 is 28.9 Å². The molecule has 3 N–H and O–H groups in total. The second-order valence-corrected chi connectivity index (χ2v) is 6.97. The summed E-state index contributed by atoms with van der Waals surface area (Å²) in [5.74, 6) is -0.313. The molecule has 0 atom stereocenters. The Labute approximate surface area is 181 Å². The number of nitrogens with one attached hydrogen (secondary N) is 3. The van der Waals surface area contributed by atoms with Crippen LogP contribution in [-0.4, -0.2) is 18.9 Å². The van der Waals surface area contributed by atoms with Gasteiger partial charge in [-0.1, -0.05) is 36.4 Å². The maximum absolute atomic E-state index is 13.0. The lowest BCUT2D eigenvalue weighted by Gasteiger charge is -2.13. The third-order valence-electron chi connectivity index (χ3n) is 4.75. The number of para-hydroxylation sites is 2. The summed E-state index contributed by atoms with van der Waals surface area (Å²) in [5.41, 5.74) is 3.75. The van der Waals surface area contributed by atoms with Crippen LogP contribution in [-0.2, 0) is 9.59 Å². The Morgan fingerprint density at radius 1 is 0.742 bits per heavy atom. The monoisotopic (exact) mass is 415 g/mol. The molecule has 6 nitrogen and oxygen atoms in total. The third-order valence-corrected chi connectivity index (χ3v) is 4.75. The first-order valence-corrected chi connectivity index (χ1v) is 9.82. The lowest BCUT2D eigenvalue weighted by molar-refractivity contribution is -0.118. The van der Waals surface area contributed by atoms with E-state index in [0.717, 1.165) is 11.1 Å². The number of methoxy groups -OCH3 is 1. The van der Waals surface area contributed by atoms with Gasteiger partial charge in [0.2, 0.25) is 0 Å². The van der Waals surface area contributed by atoms with Gasteiger partial charge in [-0.05, 0) is 61.4 Å². The van der Waals surface area contributed by atoms with Gasteiger partial charge in [-0.2, -0.15) is 0 Å². The van der Waals surface area contributed by atoms with Gasteiger partial charge in [-0.15, -0.1) is 0 Å². The highest BCUT2D eigenvalue weighted by Gasteiger charge is 2.20. The largest absolute Gasteiger partial charge is 0.497 e. The highest BCUT2D eigenvalue weighted by atomic mass is 16.5. The van der Waals surface area contributed by atoms with Crippen LogP contribution in [0.3, 0.4) is 0 Å². The van der Waals surface area contributed by atoms with E-state index in [0.29, 0.717) is 22.8 Å². The minimum atomic E-state index is -0.513. The average molecular weight is 415 g/mol. The molecule has 31 heavy (non-hydrogen) atoms. The number of carbonyl (C=O) groups excluding carboxylic acids is 2. The van der Waals surface area contributed by atoms with Crippen molar-refractivity contribution in [3.63, 3.8) is 0 Å². The Morgan fingerprint density at radius 2 is 1.23 bits per heavy atom. The van der Waals surface area contributed by atoms with Gasteiger partial charge in [0, 0.05) is 23.3 Å². The van der Waals surface area contributed by atoms with Crippen molar-refractivity contribution in [2.75, 3.05) is 23.1 Å². The number of carbonyl (C=O) groups is 2. The Hall–Kier alpha value is -4.06. The number of aryl methyl sites for hydroxylation is 2. The second-order valence-electron chi connectivity index (χ2n) is 6.97. The Balaban J connectivity index is 1.86. The third kappa shape index (κ3) is 5.73. The van der Waals surface area contributed by atoms with Crippen LogP contribution in [0.5, 0.6) is 5.75 Å². The summed E-state index contributed by atoms with van der Waals surface area (Å²) in [7, 11) is 1.59. The fraction of sp³-hybridized carbons (Fsp3) is 0.120. The molecule has 0 aliphatic carbocycles. The molecule has 3 aromatic carbocycles. The number of amides is 2. The maximum Gasteiger partial charge on any atom is 0.262 e. The number of rotatable bonds is 7. The van der Waals surface area contributed by atoms with E-state index in [1.54, 1.807) is 43.5 Å². The summed E-state index contributed by atoms with van der Waals surface area (Å²) in [5, 5.41) is 8.66. The number of hydrogen-bond acceptors (Lipinski definition) is 4. The van der Waals surface area contributed by atoms with Crippen molar-refractivity contribution in [3.8, 4) is 5.75 Å². The molecule has 2 amide bonds. The van der Waals surface area contributed by atoms with E-state index in [1.165, 1.54) is 6.20 Å². The van der Waals surface area contributed by atoms with Crippen LogP contribution >= 0.6 is 0 Å². The van der Waals surface area contributed by atoms with Crippen molar-refractivity contribution in [2.24, 2.45) is 0 Å². The van der Waals surface area contributed by atoms with E-state index in [1.807, 2.05) is 50.2 Å². The van der Waals surface area contributed by atoms with Gasteiger partial charge in [0.15, 0.2) is 0 Å². The number of anilines is 3. The SMILES string of the molecule is COc1ccc(NC=C(C(=O)Nc2ccccc2C)C(=O)Nc2ccccc2C)cc1. The molecule has 0 unspecified atom stereocenters. The lowest BCUT2D eigenvalue weighted by atomic mass is 10.1. The van der Waals surface area contributed by atoms with E-state index in [2.05, 4.69) is 16.0 Å². The summed E-state index contributed by atoms with van der Waals surface area (Å²) in [6.07, 6.45) is 1.41. The van der Waals surface area contributed by atoms with Gasteiger partial charge in [0.25, 0.3) is 11.8 Å². The van der Waals surface area contributed by atoms with Crippen molar-refractivity contribution in [1.82, 2.24) is 0 Å². The van der Waals surface area contributed by atoms with Crippen molar-refractivity contribution in [3.05, 3.63) is 95.7 Å². The molecule has 3 rings (SSSR count). The first-order valence-electron chi connectivity index (χ1n) is 9.82. The number of hydrogen-bond donors (Lipinski definition) is 3. The summed E-state index contributed by atoms with van der Waals surface area (Å²) in [4.78, 5) is 26.0.